The van der Waals surface area contributed by atoms with Gasteiger partial charge in [0.25, 0.3) is 0 Å². The normalized spacial score (nSPS) is 9.44. The van der Waals surface area contributed by atoms with Crippen LogP contribution in [0.5, 0.6) is 0 Å². The van der Waals surface area contributed by atoms with Crippen molar-refractivity contribution in [3.05, 3.63) is 0 Å². The molecule has 0 saturated carbocycles. The molecule has 0 amide bonds. The zero-order valence-electron chi connectivity index (χ0n) is 10.5. The smallest absolute Gasteiger partial charge is 1.00 e. The van der Waals surface area contributed by atoms with Crippen LogP contribution in [0.3, 0.4) is 0 Å². The number of halogens is 2. The van der Waals surface area contributed by atoms with Crippen LogP contribution in [0.4, 0.5) is 0 Å². The summed E-state index contributed by atoms with van der Waals surface area (Å²) in [6.07, 6.45) is 14.3. The van der Waals surface area contributed by atoms with E-state index in [0.29, 0.717) is 0 Å². The quantitative estimate of drug-likeness (QED) is 0.343. The first-order chi connectivity index (χ1) is 6.91. The summed E-state index contributed by atoms with van der Waals surface area (Å²) in [7, 11) is 0. The standard InChI is InChI=1S/C12H26N.2ClH.Ti/c1-2-3-4-5-6-7-8-9-10-11-12-13;;;/h13H,2-12H2,1H3;2*1H;/q-1;;;+3/p-2. The monoisotopic (exact) mass is 302 g/mol. The summed E-state index contributed by atoms with van der Waals surface area (Å²) in [6.45, 7) is 3.47. The second-order valence-corrected chi connectivity index (χ2v) is 4.66. The topological polar surface area (TPSA) is 12.0 Å². The molecule has 0 aromatic carbocycles. The van der Waals surface area contributed by atoms with Crippen molar-refractivity contribution in [3.8, 4) is 0 Å². The van der Waals surface area contributed by atoms with E-state index >= 15 is 0 Å². The fourth-order valence-corrected chi connectivity index (χ4v) is 1.98. The maximum Gasteiger partial charge on any atom is -1.00 e. The zero-order chi connectivity index (χ0) is 10.5. The Morgan fingerprint density at radius 3 is 1.44 bits per heavy atom. The summed E-state index contributed by atoms with van der Waals surface area (Å²) in [5.41, 5.74) is 0. The van der Waals surface area contributed by atoms with Crippen LogP contribution in [0, 0.1) is 0 Å². The summed E-state index contributed by atoms with van der Waals surface area (Å²) in [5.74, 6) is 0. The van der Waals surface area contributed by atoms with Crippen molar-refractivity contribution in [2.75, 3.05) is 6.54 Å². The predicted octanol–water partition coefficient (Wildman–Crippen LogP) is -2.03. The van der Waals surface area contributed by atoms with E-state index in [2.05, 4.69) is 10.7 Å². The minimum Gasteiger partial charge on any atom is -1.00 e. The molecule has 0 heterocycles. The Bertz CT molecular complexity index is 93.0. The molecule has 0 radical (unpaired) electrons. The molecule has 0 aliphatic heterocycles. The van der Waals surface area contributed by atoms with Crippen molar-refractivity contribution < 1.29 is 45.5 Å². The van der Waals surface area contributed by atoms with Gasteiger partial charge in [0.1, 0.15) is 0 Å². The Balaban J connectivity index is -0.000000845. The molecule has 0 rings (SSSR count). The third-order valence-corrected chi connectivity index (χ3v) is 3.05. The first kappa shape index (κ1) is 22.4. The molecule has 0 bridgehead atoms. The van der Waals surface area contributed by atoms with Gasteiger partial charge in [-0.05, 0) is 0 Å². The van der Waals surface area contributed by atoms with E-state index in [9.17, 15) is 0 Å². The number of hydrogen-bond donors (Lipinski definition) is 1. The van der Waals surface area contributed by atoms with Crippen LogP contribution in [-0.2, 0) is 20.7 Å². The molecule has 0 fully saturated rings. The van der Waals surface area contributed by atoms with Gasteiger partial charge in [0.05, 0.1) is 0 Å². The number of nitrogens with one attached hydrogen (secondary N) is 1. The number of hydrogen-bond acceptors (Lipinski definition) is 1. The van der Waals surface area contributed by atoms with Crippen LogP contribution in [0.1, 0.15) is 71.1 Å². The molecule has 1 N–H and O–H groups in total. The molecular formula is C12H26Cl2NTi. The minimum absolute atomic E-state index is 0. The van der Waals surface area contributed by atoms with E-state index in [-0.39, 0.29) is 24.8 Å². The third-order valence-electron chi connectivity index (χ3n) is 2.66. The van der Waals surface area contributed by atoms with Gasteiger partial charge in [0.15, 0.2) is 0 Å². The molecular weight excluding hydrogens is 277 g/mol. The van der Waals surface area contributed by atoms with Crippen molar-refractivity contribution in [3.63, 3.8) is 0 Å². The number of rotatable bonds is 11. The maximum atomic E-state index is 3.19. The molecule has 0 unspecified atom stereocenters. The Morgan fingerprint density at radius 2 is 1.06 bits per heavy atom. The number of unbranched alkanes of at least 4 members (excludes halogenated alkanes) is 9. The van der Waals surface area contributed by atoms with Gasteiger partial charge in [-0.15, -0.1) is 0 Å². The van der Waals surface area contributed by atoms with Crippen molar-refractivity contribution in [2.45, 2.75) is 71.1 Å². The van der Waals surface area contributed by atoms with Crippen LogP contribution in [0.2, 0.25) is 0 Å². The van der Waals surface area contributed by atoms with Crippen LogP contribution < -0.4 is 28.6 Å². The Labute approximate surface area is 126 Å². The van der Waals surface area contributed by atoms with Gasteiger partial charge in [-0.2, -0.15) is 0 Å². The summed E-state index contributed by atoms with van der Waals surface area (Å²) in [6, 6.07) is 0. The third kappa shape index (κ3) is 20.6. The summed E-state index contributed by atoms with van der Waals surface area (Å²) in [4.78, 5) is 0. The van der Waals surface area contributed by atoms with E-state index in [1.165, 1.54) is 70.8 Å². The fourth-order valence-electron chi connectivity index (χ4n) is 1.70. The van der Waals surface area contributed by atoms with E-state index in [0.717, 1.165) is 0 Å². The Kier molecular flexibility index (Phi) is 30.2. The molecule has 0 atom stereocenters. The van der Waals surface area contributed by atoms with E-state index in [4.69, 9.17) is 0 Å². The first-order valence-corrected chi connectivity index (χ1v) is 7.09. The summed E-state index contributed by atoms with van der Waals surface area (Å²) < 4.78 is 3.19. The predicted molar refractivity (Wildman–Crippen MR) is 59.8 cm³/mol. The molecule has 0 aliphatic carbocycles. The fraction of sp³-hybridized carbons (Fsp3) is 1.00. The average Bonchev–Trinajstić information content (AvgIpc) is 2.21. The van der Waals surface area contributed by atoms with Gasteiger partial charge >= 0.3 is 95.2 Å². The van der Waals surface area contributed by atoms with Gasteiger partial charge in [-0.1, -0.05) is 6.92 Å². The van der Waals surface area contributed by atoms with Crippen molar-refractivity contribution >= 4 is 0 Å². The van der Waals surface area contributed by atoms with Gasteiger partial charge in [-0.25, -0.2) is 0 Å². The van der Waals surface area contributed by atoms with Gasteiger partial charge in [0.2, 0.25) is 0 Å². The van der Waals surface area contributed by atoms with Crippen LogP contribution >= 0.6 is 0 Å². The van der Waals surface area contributed by atoms with Gasteiger partial charge in [0, 0.05) is 0 Å². The molecule has 0 aliphatic rings. The van der Waals surface area contributed by atoms with Crippen molar-refractivity contribution in [1.82, 2.24) is 3.80 Å². The maximum absolute atomic E-state index is 3.19. The molecule has 0 spiro atoms. The molecule has 0 saturated heterocycles. The molecule has 1 nitrogen and oxygen atoms in total. The SMILES string of the molecule is CCCCCCCCCCCC[NH][Ti+2].[Cl-].[Cl-]. The minimum atomic E-state index is 0. The Morgan fingerprint density at radius 1 is 0.688 bits per heavy atom. The van der Waals surface area contributed by atoms with E-state index in [1.54, 1.807) is 0 Å². The van der Waals surface area contributed by atoms with Gasteiger partial charge in [-0.3, -0.25) is 0 Å². The van der Waals surface area contributed by atoms with E-state index in [1.807, 2.05) is 20.7 Å². The molecule has 97 valence electrons. The second kappa shape index (κ2) is 21.5. The zero-order valence-corrected chi connectivity index (χ0v) is 13.6. The van der Waals surface area contributed by atoms with Crippen LogP contribution in [0.25, 0.3) is 0 Å². The largest absolute Gasteiger partial charge is 1.00 e. The van der Waals surface area contributed by atoms with Crippen molar-refractivity contribution in [2.24, 2.45) is 0 Å². The van der Waals surface area contributed by atoms with Crippen LogP contribution in [-0.4, -0.2) is 6.54 Å². The summed E-state index contributed by atoms with van der Waals surface area (Å²) in [5, 5.41) is 0. The van der Waals surface area contributed by atoms with Crippen molar-refractivity contribution in [1.29, 1.82) is 0 Å². The molecule has 0 aromatic rings. The van der Waals surface area contributed by atoms with E-state index < -0.39 is 0 Å². The molecule has 4 heteroatoms. The van der Waals surface area contributed by atoms with Gasteiger partial charge < -0.3 is 24.8 Å². The summed E-state index contributed by atoms with van der Waals surface area (Å²) >= 11 is 2.04. The molecule has 16 heavy (non-hydrogen) atoms. The Hall–Kier alpha value is 1.25. The average molecular weight is 303 g/mol. The van der Waals surface area contributed by atoms with Crippen LogP contribution in [0.15, 0.2) is 0 Å². The first-order valence-electron chi connectivity index (χ1n) is 6.31. The second-order valence-electron chi connectivity index (χ2n) is 4.11. The molecule has 0 aromatic heterocycles.